The molecule has 0 spiro atoms. The number of methoxy groups -OCH3 is 1. The van der Waals surface area contributed by atoms with Crippen LogP contribution in [0.4, 0.5) is 5.69 Å². The molecular weight excluding hydrogens is 278 g/mol. The minimum Gasteiger partial charge on any atom is -0.385 e. The van der Waals surface area contributed by atoms with Crippen LogP contribution in [0.15, 0.2) is 29.2 Å². The lowest BCUT2D eigenvalue weighted by atomic mass is 10.2. The second-order valence-electron chi connectivity index (χ2n) is 4.46. The summed E-state index contributed by atoms with van der Waals surface area (Å²) in [5, 5.41) is 3.19. The molecule has 0 bridgehead atoms. The lowest BCUT2D eigenvalue weighted by molar-refractivity contribution is 0.178. The van der Waals surface area contributed by atoms with E-state index in [0.29, 0.717) is 19.7 Å². The fourth-order valence-corrected chi connectivity index (χ4v) is 2.77. The third-order valence-corrected chi connectivity index (χ3v) is 4.29. The van der Waals surface area contributed by atoms with Crippen LogP contribution in [-0.2, 0) is 14.8 Å². The van der Waals surface area contributed by atoms with Crippen molar-refractivity contribution in [2.45, 2.75) is 24.3 Å². The molecule has 0 amide bonds. The number of anilines is 1. The topological polar surface area (TPSA) is 93.5 Å². The summed E-state index contributed by atoms with van der Waals surface area (Å²) in [4.78, 5) is 0.265. The van der Waals surface area contributed by atoms with Crippen LogP contribution in [0.5, 0.6) is 0 Å². The lowest BCUT2D eigenvalue weighted by Gasteiger charge is -2.12. The molecule has 0 aromatic heterocycles. The molecule has 20 heavy (non-hydrogen) atoms. The normalized spacial score (nSPS) is 13.2. The van der Waals surface area contributed by atoms with Crippen LogP contribution >= 0.6 is 0 Å². The Bertz CT molecular complexity index is 488. The van der Waals surface area contributed by atoms with E-state index in [1.807, 2.05) is 0 Å². The van der Waals surface area contributed by atoms with Gasteiger partial charge in [0.2, 0.25) is 10.0 Å². The van der Waals surface area contributed by atoms with Crippen LogP contribution in [-0.4, -0.2) is 41.3 Å². The highest BCUT2D eigenvalue weighted by atomic mass is 32.2. The van der Waals surface area contributed by atoms with Crippen molar-refractivity contribution in [3.8, 4) is 0 Å². The number of nitrogens with one attached hydrogen (secondary N) is 2. The van der Waals surface area contributed by atoms with Crippen molar-refractivity contribution in [1.29, 1.82) is 0 Å². The Morgan fingerprint density at radius 3 is 2.50 bits per heavy atom. The van der Waals surface area contributed by atoms with Crippen molar-refractivity contribution >= 4 is 15.7 Å². The van der Waals surface area contributed by atoms with Crippen molar-refractivity contribution < 1.29 is 13.2 Å². The van der Waals surface area contributed by atoms with E-state index in [1.165, 1.54) is 0 Å². The summed E-state index contributed by atoms with van der Waals surface area (Å²) < 4.78 is 30.9. The molecule has 0 heterocycles. The molecule has 0 saturated carbocycles. The van der Waals surface area contributed by atoms with E-state index in [4.69, 9.17) is 10.5 Å². The van der Waals surface area contributed by atoms with Crippen LogP contribution in [0, 0.1) is 0 Å². The minimum atomic E-state index is -3.38. The van der Waals surface area contributed by atoms with Gasteiger partial charge in [-0.25, -0.2) is 13.1 Å². The van der Waals surface area contributed by atoms with Crippen LogP contribution < -0.4 is 15.8 Å². The summed E-state index contributed by atoms with van der Waals surface area (Å²) in [5.41, 5.74) is 6.68. The van der Waals surface area contributed by atoms with Gasteiger partial charge < -0.3 is 15.8 Å². The molecular formula is C13H23N3O3S. The first kappa shape index (κ1) is 16.9. The van der Waals surface area contributed by atoms with Crippen molar-refractivity contribution in [3.05, 3.63) is 24.3 Å². The Morgan fingerprint density at radius 2 is 1.95 bits per heavy atom. The highest BCUT2D eigenvalue weighted by molar-refractivity contribution is 7.89. The summed E-state index contributed by atoms with van der Waals surface area (Å²) >= 11 is 0. The first-order valence-corrected chi connectivity index (χ1v) is 8.06. The van der Waals surface area contributed by atoms with Gasteiger partial charge >= 0.3 is 0 Å². The molecule has 114 valence electrons. The predicted molar refractivity (Wildman–Crippen MR) is 80.3 cm³/mol. The van der Waals surface area contributed by atoms with Gasteiger partial charge in [-0.2, -0.15) is 0 Å². The fourth-order valence-electron chi connectivity index (χ4n) is 1.72. The first-order valence-electron chi connectivity index (χ1n) is 6.57. The van der Waals surface area contributed by atoms with Gasteiger partial charge in [-0.05, 0) is 30.7 Å². The molecule has 4 N–H and O–H groups in total. The third-order valence-electron chi connectivity index (χ3n) is 2.72. The van der Waals surface area contributed by atoms with E-state index in [-0.39, 0.29) is 10.9 Å². The minimum absolute atomic E-state index is 0.000838. The molecule has 1 aromatic carbocycles. The van der Waals surface area contributed by atoms with Gasteiger partial charge in [0.15, 0.2) is 0 Å². The average molecular weight is 301 g/mol. The zero-order valence-electron chi connectivity index (χ0n) is 11.9. The molecule has 6 nitrogen and oxygen atoms in total. The van der Waals surface area contributed by atoms with E-state index in [0.717, 1.165) is 12.1 Å². The van der Waals surface area contributed by atoms with Crippen molar-refractivity contribution in [1.82, 2.24) is 4.72 Å². The van der Waals surface area contributed by atoms with Crippen LogP contribution in [0.2, 0.25) is 0 Å². The SMILES string of the molecule is CCNS(=O)(=O)c1ccc(NCCC(N)COC)cc1. The Balaban J connectivity index is 2.51. The number of rotatable bonds is 9. The summed E-state index contributed by atoms with van der Waals surface area (Å²) in [6, 6.07) is 6.64. The number of ether oxygens (including phenoxy) is 1. The van der Waals surface area contributed by atoms with Gasteiger partial charge in [0.25, 0.3) is 0 Å². The van der Waals surface area contributed by atoms with E-state index >= 15 is 0 Å². The van der Waals surface area contributed by atoms with Crippen LogP contribution in [0.25, 0.3) is 0 Å². The van der Waals surface area contributed by atoms with Crippen molar-refractivity contribution in [2.75, 3.05) is 32.1 Å². The second kappa shape index (κ2) is 8.21. The number of sulfonamides is 1. The molecule has 0 aliphatic carbocycles. The molecule has 0 aliphatic heterocycles. The molecule has 1 rings (SSSR count). The molecule has 1 unspecified atom stereocenters. The average Bonchev–Trinajstić information content (AvgIpc) is 2.39. The summed E-state index contributed by atoms with van der Waals surface area (Å²) in [6.07, 6.45) is 0.783. The number of hydrogen-bond acceptors (Lipinski definition) is 5. The Hall–Kier alpha value is -1.15. The predicted octanol–water partition coefficient (Wildman–Crippen LogP) is 0.761. The zero-order chi connectivity index (χ0) is 15.0. The molecule has 0 aliphatic rings. The Morgan fingerprint density at radius 1 is 1.30 bits per heavy atom. The zero-order valence-corrected chi connectivity index (χ0v) is 12.7. The quantitative estimate of drug-likeness (QED) is 0.626. The molecule has 0 saturated heterocycles. The van der Waals surface area contributed by atoms with Crippen molar-refractivity contribution in [2.24, 2.45) is 5.73 Å². The molecule has 0 radical (unpaired) electrons. The van der Waals surface area contributed by atoms with Gasteiger partial charge in [0, 0.05) is 31.9 Å². The monoisotopic (exact) mass is 301 g/mol. The summed E-state index contributed by atoms with van der Waals surface area (Å²) in [6.45, 7) is 3.36. The van der Waals surface area contributed by atoms with Gasteiger partial charge in [0.05, 0.1) is 11.5 Å². The van der Waals surface area contributed by atoms with Gasteiger partial charge in [-0.1, -0.05) is 6.92 Å². The summed E-state index contributed by atoms with van der Waals surface area (Å²) in [7, 11) is -1.76. The van der Waals surface area contributed by atoms with Gasteiger partial charge in [-0.3, -0.25) is 0 Å². The lowest BCUT2D eigenvalue weighted by Crippen LogP contribution is -2.28. The van der Waals surface area contributed by atoms with Gasteiger partial charge in [-0.15, -0.1) is 0 Å². The van der Waals surface area contributed by atoms with Crippen LogP contribution in [0.3, 0.4) is 0 Å². The highest BCUT2D eigenvalue weighted by Crippen LogP contribution is 2.13. The number of benzene rings is 1. The number of hydrogen-bond donors (Lipinski definition) is 3. The Kier molecular flexibility index (Phi) is 6.94. The van der Waals surface area contributed by atoms with Crippen molar-refractivity contribution in [3.63, 3.8) is 0 Å². The fraction of sp³-hybridized carbons (Fsp3) is 0.538. The maximum Gasteiger partial charge on any atom is 0.240 e. The first-order chi connectivity index (χ1) is 9.49. The largest absolute Gasteiger partial charge is 0.385 e. The Labute approximate surface area is 120 Å². The molecule has 7 heteroatoms. The molecule has 1 aromatic rings. The maximum atomic E-state index is 11.8. The van der Waals surface area contributed by atoms with E-state index in [2.05, 4.69) is 10.0 Å². The summed E-state index contributed by atoms with van der Waals surface area (Å²) in [5.74, 6) is 0. The smallest absolute Gasteiger partial charge is 0.240 e. The third kappa shape index (κ3) is 5.46. The van der Waals surface area contributed by atoms with Gasteiger partial charge in [0.1, 0.15) is 0 Å². The van der Waals surface area contributed by atoms with E-state index in [1.54, 1.807) is 38.3 Å². The van der Waals surface area contributed by atoms with Crippen LogP contribution in [0.1, 0.15) is 13.3 Å². The molecule has 0 fully saturated rings. The molecule has 1 atom stereocenters. The number of nitrogens with two attached hydrogens (primary N) is 1. The standard InChI is InChI=1S/C13H23N3O3S/c1-3-16-20(17,18)13-6-4-12(5-7-13)15-9-8-11(14)10-19-2/h4-7,11,15-16H,3,8-10,14H2,1-2H3. The highest BCUT2D eigenvalue weighted by Gasteiger charge is 2.11. The maximum absolute atomic E-state index is 11.8. The second-order valence-corrected chi connectivity index (χ2v) is 6.22. The van der Waals surface area contributed by atoms with E-state index < -0.39 is 10.0 Å². The van der Waals surface area contributed by atoms with E-state index in [9.17, 15) is 8.42 Å².